The molecule has 1 atom stereocenters. The van der Waals surface area contributed by atoms with Gasteiger partial charge >= 0.3 is 6.18 Å². The normalized spacial score (nSPS) is 16.7. The molecule has 2 aromatic carbocycles. The number of alkyl halides is 3. The van der Waals surface area contributed by atoms with Gasteiger partial charge in [0.25, 0.3) is 0 Å². The number of methoxy groups -OCH3 is 2. The summed E-state index contributed by atoms with van der Waals surface area (Å²) < 4.78 is 48.9. The van der Waals surface area contributed by atoms with Gasteiger partial charge in [0.2, 0.25) is 0 Å². The summed E-state index contributed by atoms with van der Waals surface area (Å²) in [6, 6.07) is 9.17. The van der Waals surface area contributed by atoms with Crippen molar-refractivity contribution in [3.8, 4) is 11.5 Å². The zero-order valence-corrected chi connectivity index (χ0v) is 12.7. The molecule has 3 nitrogen and oxygen atoms in total. The fourth-order valence-corrected chi connectivity index (χ4v) is 2.76. The predicted octanol–water partition coefficient (Wildman–Crippen LogP) is 4.43. The summed E-state index contributed by atoms with van der Waals surface area (Å²) in [7, 11) is 3.12. The van der Waals surface area contributed by atoms with Gasteiger partial charge in [0.1, 0.15) is 11.5 Å². The Morgan fingerprint density at radius 1 is 1.00 bits per heavy atom. The molecule has 0 bridgehead atoms. The van der Waals surface area contributed by atoms with Crippen LogP contribution >= 0.6 is 0 Å². The molecule has 1 heterocycles. The quantitative estimate of drug-likeness (QED) is 0.906. The highest BCUT2D eigenvalue weighted by atomic mass is 19.4. The van der Waals surface area contributed by atoms with Gasteiger partial charge in [0.05, 0.1) is 25.8 Å². The van der Waals surface area contributed by atoms with E-state index in [2.05, 4.69) is 5.32 Å². The molecule has 6 heteroatoms. The van der Waals surface area contributed by atoms with E-state index in [-0.39, 0.29) is 6.04 Å². The molecule has 23 heavy (non-hydrogen) atoms. The van der Waals surface area contributed by atoms with E-state index in [1.165, 1.54) is 6.07 Å². The maximum absolute atomic E-state index is 12.8. The van der Waals surface area contributed by atoms with Crippen LogP contribution in [0.3, 0.4) is 0 Å². The van der Waals surface area contributed by atoms with E-state index in [9.17, 15) is 13.2 Å². The Labute approximate surface area is 132 Å². The molecule has 0 saturated carbocycles. The first-order chi connectivity index (χ1) is 10.9. The topological polar surface area (TPSA) is 30.5 Å². The predicted molar refractivity (Wildman–Crippen MR) is 81.1 cm³/mol. The third kappa shape index (κ3) is 3.06. The minimum absolute atomic E-state index is 0.113. The monoisotopic (exact) mass is 323 g/mol. The van der Waals surface area contributed by atoms with Gasteiger partial charge in [-0.3, -0.25) is 0 Å². The first-order valence-corrected chi connectivity index (χ1v) is 7.10. The molecule has 0 aromatic heterocycles. The van der Waals surface area contributed by atoms with Crippen LogP contribution in [0.4, 0.5) is 18.9 Å². The highest BCUT2D eigenvalue weighted by molar-refractivity contribution is 5.60. The van der Waals surface area contributed by atoms with Crippen molar-refractivity contribution < 1.29 is 22.6 Å². The minimum Gasteiger partial charge on any atom is -0.497 e. The van der Waals surface area contributed by atoms with Crippen molar-refractivity contribution in [2.24, 2.45) is 0 Å². The molecule has 2 aromatic rings. The average Bonchev–Trinajstić information content (AvgIpc) is 2.96. The molecule has 1 unspecified atom stereocenters. The molecule has 122 valence electrons. The van der Waals surface area contributed by atoms with Crippen molar-refractivity contribution in [1.82, 2.24) is 0 Å². The van der Waals surface area contributed by atoms with E-state index >= 15 is 0 Å². The Balaban J connectivity index is 1.90. The van der Waals surface area contributed by atoms with Crippen LogP contribution in [0.5, 0.6) is 11.5 Å². The van der Waals surface area contributed by atoms with Gasteiger partial charge in [-0.2, -0.15) is 13.2 Å². The number of ether oxygens (including phenoxy) is 2. The molecule has 0 radical (unpaired) electrons. The molecule has 1 N–H and O–H groups in total. The van der Waals surface area contributed by atoms with Crippen molar-refractivity contribution in [1.29, 1.82) is 0 Å². The van der Waals surface area contributed by atoms with E-state index in [1.807, 2.05) is 12.1 Å². The minimum atomic E-state index is -4.34. The maximum Gasteiger partial charge on any atom is 0.416 e. The lowest BCUT2D eigenvalue weighted by Crippen LogP contribution is -2.07. The molecule has 0 spiro atoms. The molecular weight excluding hydrogens is 307 g/mol. The van der Waals surface area contributed by atoms with Crippen LogP contribution in [0.1, 0.15) is 22.7 Å². The number of nitrogens with one attached hydrogen (secondary N) is 1. The van der Waals surface area contributed by atoms with Gasteiger partial charge in [-0.05, 0) is 41.8 Å². The average molecular weight is 323 g/mol. The summed E-state index contributed by atoms with van der Waals surface area (Å²) in [6.07, 6.45) is -3.72. The van der Waals surface area contributed by atoms with Crippen molar-refractivity contribution >= 4 is 5.69 Å². The number of hydrogen-bond acceptors (Lipinski definition) is 3. The van der Waals surface area contributed by atoms with E-state index < -0.39 is 11.7 Å². The summed E-state index contributed by atoms with van der Waals surface area (Å²) in [5.74, 6) is 1.29. The summed E-state index contributed by atoms with van der Waals surface area (Å²) in [5.41, 5.74) is 1.65. The Morgan fingerprint density at radius 2 is 1.65 bits per heavy atom. The standard InChI is InChI=1S/C17H16F3NO2/c1-22-13-5-11(6-14(9-13)23-2)15-7-10-3-4-12(17(18,19)20)8-16(10)21-15/h3-6,8-9,15,21H,7H2,1-2H3. The summed E-state index contributed by atoms with van der Waals surface area (Å²) in [5, 5.41) is 3.15. The van der Waals surface area contributed by atoms with E-state index in [0.29, 0.717) is 23.6 Å². The number of benzene rings is 2. The molecule has 0 aliphatic carbocycles. The largest absolute Gasteiger partial charge is 0.497 e. The first kappa shape index (κ1) is 15.5. The SMILES string of the molecule is COc1cc(OC)cc(C2Cc3ccc(C(F)(F)F)cc3N2)c1. The molecule has 0 fully saturated rings. The van der Waals surface area contributed by atoms with Crippen LogP contribution in [0, 0.1) is 0 Å². The number of anilines is 1. The second kappa shape index (κ2) is 5.68. The fraction of sp³-hybridized carbons (Fsp3) is 0.294. The van der Waals surface area contributed by atoms with E-state index in [0.717, 1.165) is 23.3 Å². The summed E-state index contributed by atoms with van der Waals surface area (Å²) in [4.78, 5) is 0. The lowest BCUT2D eigenvalue weighted by Gasteiger charge is -2.15. The zero-order chi connectivity index (χ0) is 16.6. The van der Waals surface area contributed by atoms with Crippen molar-refractivity contribution in [2.45, 2.75) is 18.6 Å². The van der Waals surface area contributed by atoms with Crippen molar-refractivity contribution in [2.75, 3.05) is 19.5 Å². The molecule has 0 saturated heterocycles. The lowest BCUT2D eigenvalue weighted by atomic mass is 10.0. The van der Waals surface area contributed by atoms with Gasteiger partial charge in [-0.25, -0.2) is 0 Å². The zero-order valence-electron chi connectivity index (χ0n) is 12.7. The molecular formula is C17H16F3NO2. The van der Waals surface area contributed by atoms with Gasteiger partial charge < -0.3 is 14.8 Å². The molecule has 1 aliphatic heterocycles. The van der Waals surface area contributed by atoms with Crippen LogP contribution in [0.2, 0.25) is 0 Å². The number of rotatable bonds is 3. The third-order valence-electron chi connectivity index (χ3n) is 3.97. The smallest absolute Gasteiger partial charge is 0.416 e. The molecule has 3 rings (SSSR count). The Kier molecular flexibility index (Phi) is 3.83. The van der Waals surface area contributed by atoms with Crippen molar-refractivity contribution in [3.05, 3.63) is 53.1 Å². The highest BCUT2D eigenvalue weighted by Crippen LogP contribution is 2.40. The second-order valence-electron chi connectivity index (χ2n) is 5.42. The summed E-state index contributed by atoms with van der Waals surface area (Å²) in [6.45, 7) is 0. The van der Waals surface area contributed by atoms with Crippen molar-refractivity contribution in [3.63, 3.8) is 0 Å². The van der Waals surface area contributed by atoms with E-state index in [4.69, 9.17) is 9.47 Å². The maximum atomic E-state index is 12.8. The number of halogens is 3. The first-order valence-electron chi connectivity index (χ1n) is 7.10. The Bertz CT molecular complexity index is 706. The Hall–Kier alpha value is -2.37. The number of hydrogen-bond donors (Lipinski definition) is 1. The lowest BCUT2D eigenvalue weighted by molar-refractivity contribution is -0.137. The van der Waals surface area contributed by atoms with E-state index in [1.54, 1.807) is 20.3 Å². The van der Waals surface area contributed by atoms with Gasteiger partial charge in [-0.1, -0.05) is 6.07 Å². The van der Waals surface area contributed by atoms with Crippen LogP contribution in [0.25, 0.3) is 0 Å². The molecule has 0 amide bonds. The molecule has 1 aliphatic rings. The number of fused-ring (bicyclic) bond motifs is 1. The van der Waals surface area contributed by atoms with Gasteiger partial charge in [-0.15, -0.1) is 0 Å². The fourth-order valence-electron chi connectivity index (χ4n) is 2.76. The third-order valence-corrected chi connectivity index (χ3v) is 3.97. The van der Waals surface area contributed by atoms with Gasteiger partial charge in [0.15, 0.2) is 0 Å². The Morgan fingerprint density at radius 3 is 2.22 bits per heavy atom. The van der Waals surface area contributed by atoms with Gasteiger partial charge in [0, 0.05) is 11.8 Å². The summed E-state index contributed by atoms with van der Waals surface area (Å²) >= 11 is 0. The van der Waals surface area contributed by atoms with Crippen LogP contribution in [-0.2, 0) is 12.6 Å². The van der Waals surface area contributed by atoms with Crippen LogP contribution in [0.15, 0.2) is 36.4 Å². The second-order valence-corrected chi connectivity index (χ2v) is 5.42. The van der Waals surface area contributed by atoms with Crippen LogP contribution < -0.4 is 14.8 Å². The van der Waals surface area contributed by atoms with Crippen LogP contribution in [-0.4, -0.2) is 14.2 Å². The highest BCUT2D eigenvalue weighted by Gasteiger charge is 2.32.